The van der Waals surface area contributed by atoms with Crippen LogP contribution in [0.4, 0.5) is 5.82 Å². The zero-order chi connectivity index (χ0) is 25.9. The first kappa shape index (κ1) is 23.5. The Kier molecular flexibility index (Phi) is 6.35. The molecule has 0 radical (unpaired) electrons. The molecule has 1 saturated heterocycles. The van der Waals surface area contributed by atoms with Gasteiger partial charge in [0.1, 0.15) is 5.82 Å². The molecule has 0 atom stereocenters. The lowest BCUT2D eigenvalue weighted by molar-refractivity contribution is 0.0956. The SMILES string of the molecule is Cc1nn(-c2ccccc2)c(N2CCCC2)c1/C=N\NC(=O)c1cc(-c2ccccn2)nc2ccccc12. The van der Waals surface area contributed by atoms with Crippen LogP contribution in [0.15, 0.2) is 90.2 Å². The fourth-order valence-electron chi connectivity index (χ4n) is 4.89. The van der Waals surface area contributed by atoms with Gasteiger partial charge in [0.15, 0.2) is 0 Å². The van der Waals surface area contributed by atoms with E-state index in [0.717, 1.165) is 59.6 Å². The lowest BCUT2D eigenvalue weighted by Gasteiger charge is -2.20. The molecule has 1 fully saturated rings. The van der Waals surface area contributed by atoms with Gasteiger partial charge in [0.05, 0.1) is 45.6 Å². The third kappa shape index (κ3) is 4.52. The molecule has 1 aliphatic rings. The summed E-state index contributed by atoms with van der Waals surface area (Å²) >= 11 is 0. The van der Waals surface area contributed by atoms with Gasteiger partial charge < -0.3 is 4.90 Å². The molecule has 8 heteroatoms. The summed E-state index contributed by atoms with van der Waals surface area (Å²) in [6.07, 6.45) is 5.70. The minimum atomic E-state index is -0.312. The van der Waals surface area contributed by atoms with Crippen molar-refractivity contribution in [3.8, 4) is 17.1 Å². The number of nitrogens with zero attached hydrogens (tertiary/aromatic N) is 6. The van der Waals surface area contributed by atoms with Gasteiger partial charge >= 0.3 is 0 Å². The van der Waals surface area contributed by atoms with Crippen LogP contribution in [-0.4, -0.2) is 45.0 Å². The number of benzene rings is 2. The fraction of sp³-hybridized carbons (Fsp3) is 0.167. The van der Waals surface area contributed by atoms with Crippen molar-refractivity contribution in [1.82, 2.24) is 25.2 Å². The second-order valence-corrected chi connectivity index (χ2v) is 9.25. The lowest BCUT2D eigenvalue weighted by Crippen LogP contribution is -2.23. The molecule has 0 bridgehead atoms. The number of anilines is 1. The van der Waals surface area contributed by atoms with E-state index in [1.165, 1.54) is 0 Å². The highest BCUT2D eigenvalue weighted by atomic mass is 16.2. The smallest absolute Gasteiger partial charge is 0.272 e. The summed E-state index contributed by atoms with van der Waals surface area (Å²) in [5.41, 5.74) is 8.02. The number of pyridine rings is 2. The monoisotopic (exact) mass is 501 g/mol. The second kappa shape index (κ2) is 10.3. The Morgan fingerprint density at radius 2 is 1.71 bits per heavy atom. The summed E-state index contributed by atoms with van der Waals surface area (Å²) in [6.45, 7) is 3.90. The van der Waals surface area contributed by atoms with E-state index in [1.807, 2.05) is 84.4 Å². The number of hydrogen-bond donors (Lipinski definition) is 1. The van der Waals surface area contributed by atoms with Crippen LogP contribution in [0.1, 0.15) is 34.5 Å². The van der Waals surface area contributed by atoms with Crippen molar-refractivity contribution < 1.29 is 4.79 Å². The average Bonchev–Trinajstić information content (AvgIpc) is 3.61. The average molecular weight is 502 g/mol. The molecule has 8 nitrogen and oxygen atoms in total. The number of carbonyl (C=O) groups is 1. The molecule has 0 aliphatic carbocycles. The predicted molar refractivity (Wildman–Crippen MR) is 150 cm³/mol. The highest BCUT2D eigenvalue weighted by molar-refractivity contribution is 6.07. The molecular weight excluding hydrogens is 474 g/mol. The topological polar surface area (TPSA) is 88.3 Å². The molecule has 0 spiro atoms. The molecule has 2 aromatic carbocycles. The number of aryl methyl sites for hydroxylation is 1. The Bertz CT molecular complexity index is 1620. The van der Waals surface area contributed by atoms with Gasteiger partial charge in [-0.1, -0.05) is 42.5 Å². The van der Waals surface area contributed by atoms with Gasteiger partial charge in [-0.2, -0.15) is 10.2 Å². The first-order valence-corrected chi connectivity index (χ1v) is 12.7. The van der Waals surface area contributed by atoms with Crippen molar-refractivity contribution in [1.29, 1.82) is 0 Å². The number of hydrazone groups is 1. The summed E-state index contributed by atoms with van der Waals surface area (Å²) in [5.74, 6) is 0.684. The molecule has 1 N–H and O–H groups in total. The molecule has 3 aromatic heterocycles. The van der Waals surface area contributed by atoms with Crippen molar-refractivity contribution in [2.24, 2.45) is 5.10 Å². The molecular formula is C30H27N7O. The van der Waals surface area contributed by atoms with Crippen LogP contribution >= 0.6 is 0 Å². The van der Waals surface area contributed by atoms with Gasteiger partial charge in [-0.25, -0.2) is 15.1 Å². The van der Waals surface area contributed by atoms with Crippen LogP contribution in [-0.2, 0) is 0 Å². The van der Waals surface area contributed by atoms with E-state index in [0.29, 0.717) is 17.0 Å². The summed E-state index contributed by atoms with van der Waals surface area (Å²) in [4.78, 5) is 24.8. The standard InChI is InChI=1S/C30H27N7O/c1-21-25(30(36-17-9-10-18-36)37(35-21)22-11-3-2-4-12-22)20-32-34-29(38)24-19-28(27-15-7-8-16-31-27)33-26-14-6-5-13-23(24)26/h2-8,11-16,19-20H,9-10,17-18H2,1H3,(H,34,38)/b32-20-. The summed E-state index contributed by atoms with van der Waals surface area (Å²) in [5, 5.41) is 9.97. The highest BCUT2D eigenvalue weighted by Gasteiger charge is 2.23. The van der Waals surface area contributed by atoms with Gasteiger partial charge in [0, 0.05) is 24.7 Å². The van der Waals surface area contributed by atoms with E-state index in [4.69, 9.17) is 10.1 Å². The van der Waals surface area contributed by atoms with E-state index in [-0.39, 0.29) is 5.91 Å². The van der Waals surface area contributed by atoms with Crippen molar-refractivity contribution in [3.63, 3.8) is 0 Å². The number of hydrogen-bond acceptors (Lipinski definition) is 6. The molecule has 38 heavy (non-hydrogen) atoms. The normalized spacial score (nSPS) is 13.4. The summed E-state index contributed by atoms with van der Waals surface area (Å²) in [6, 6.07) is 25.1. The van der Waals surface area contributed by atoms with Gasteiger partial charge in [-0.05, 0) is 56.2 Å². The second-order valence-electron chi connectivity index (χ2n) is 9.25. The zero-order valence-corrected chi connectivity index (χ0v) is 21.1. The Hall–Kier alpha value is -4.85. The molecule has 6 rings (SSSR count). The molecule has 188 valence electrons. The third-order valence-corrected chi connectivity index (χ3v) is 6.74. The van der Waals surface area contributed by atoms with Crippen LogP contribution in [0.25, 0.3) is 28.0 Å². The maximum atomic E-state index is 13.4. The Morgan fingerprint density at radius 3 is 2.50 bits per heavy atom. The van der Waals surface area contributed by atoms with Crippen LogP contribution in [0, 0.1) is 6.92 Å². The Balaban J connectivity index is 1.34. The van der Waals surface area contributed by atoms with E-state index < -0.39 is 0 Å². The largest absolute Gasteiger partial charge is 0.356 e. The van der Waals surface area contributed by atoms with Crippen LogP contribution in [0.5, 0.6) is 0 Å². The van der Waals surface area contributed by atoms with Gasteiger partial charge in [0.2, 0.25) is 0 Å². The number of para-hydroxylation sites is 2. The van der Waals surface area contributed by atoms with Crippen LogP contribution < -0.4 is 10.3 Å². The summed E-state index contributed by atoms with van der Waals surface area (Å²) in [7, 11) is 0. The van der Waals surface area contributed by atoms with Crippen LogP contribution in [0.2, 0.25) is 0 Å². The van der Waals surface area contributed by atoms with E-state index in [2.05, 4.69) is 20.4 Å². The molecule has 1 aliphatic heterocycles. The van der Waals surface area contributed by atoms with Gasteiger partial charge in [-0.3, -0.25) is 9.78 Å². The molecule has 5 aromatic rings. The van der Waals surface area contributed by atoms with Crippen molar-refractivity contribution in [2.75, 3.05) is 18.0 Å². The quantitative estimate of drug-likeness (QED) is 0.257. The highest BCUT2D eigenvalue weighted by Crippen LogP contribution is 2.29. The van der Waals surface area contributed by atoms with Crippen molar-refractivity contribution >= 4 is 28.8 Å². The van der Waals surface area contributed by atoms with Crippen molar-refractivity contribution in [3.05, 3.63) is 102 Å². The number of nitrogens with one attached hydrogen (secondary N) is 1. The Morgan fingerprint density at radius 1 is 0.947 bits per heavy atom. The lowest BCUT2D eigenvalue weighted by atomic mass is 10.1. The van der Waals surface area contributed by atoms with E-state index in [9.17, 15) is 4.79 Å². The fourth-order valence-corrected chi connectivity index (χ4v) is 4.89. The van der Waals surface area contributed by atoms with E-state index in [1.54, 1.807) is 18.5 Å². The Labute approximate surface area is 220 Å². The number of rotatable bonds is 6. The molecule has 0 saturated carbocycles. The minimum absolute atomic E-state index is 0.312. The number of amides is 1. The third-order valence-electron chi connectivity index (χ3n) is 6.74. The maximum absolute atomic E-state index is 13.4. The molecule has 0 unspecified atom stereocenters. The van der Waals surface area contributed by atoms with Gasteiger partial charge in [-0.15, -0.1) is 0 Å². The summed E-state index contributed by atoms with van der Waals surface area (Å²) < 4.78 is 1.97. The van der Waals surface area contributed by atoms with Crippen molar-refractivity contribution in [2.45, 2.75) is 19.8 Å². The minimum Gasteiger partial charge on any atom is -0.356 e. The predicted octanol–water partition coefficient (Wildman–Crippen LogP) is 5.16. The first-order chi connectivity index (χ1) is 18.7. The number of fused-ring (bicyclic) bond motifs is 1. The maximum Gasteiger partial charge on any atom is 0.272 e. The molecule has 4 heterocycles. The van der Waals surface area contributed by atoms with Crippen LogP contribution in [0.3, 0.4) is 0 Å². The number of carbonyl (C=O) groups excluding carboxylic acids is 1. The number of aromatic nitrogens is 4. The zero-order valence-electron chi connectivity index (χ0n) is 21.1. The first-order valence-electron chi connectivity index (χ1n) is 12.7. The van der Waals surface area contributed by atoms with Gasteiger partial charge in [0.25, 0.3) is 5.91 Å². The van der Waals surface area contributed by atoms with E-state index >= 15 is 0 Å². The molecule has 1 amide bonds.